The van der Waals surface area contributed by atoms with E-state index in [-0.39, 0.29) is 12.6 Å². The van der Waals surface area contributed by atoms with Crippen LogP contribution in [0, 0.1) is 19.8 Å². The summed E-state index contributed by atoms with van der Waals surface area (Å²) < 4.78 is 0. The zero-order valence-electron chi connectivity index (χ0n) is 13.2. The minimum atomic E-state index is -0.482. The maximum atomic E-state index is 11.9. The van der Waals surface area contributed by atoms with E-state index in [0.717, 1.165) is 19.3 Å². The predicted molar refractivity (Wildman–Crippen MR) is 84.4 cm³/mol. The maximum Gasteiger partial charge on any atom is 0.315 e. The van der Waals surface area contributed by atoms with Crippen LogP contribution in [0.4, 0.5) is 4.79 Å². The summed E-state index contributed by atoms with van der Waals surface area (Å²) in [6.07, 6.45) is 2.98. The third kappa shape index (κ3) is 4.21. The van der Waals surface area contributed by atoms with Crippen LogP contribution in [0.1, 0.15) is 36.5 Å². The number of aryl methyl sites for hydroxylation is 2. The first-order valence-electron chi connectivity index (χ1n) is 7.67. The summed E-state index contributed by atoms with van der Waals surface area (Å²) in [4.78, 5) is 11.9. The largest absolute Gasteiger partial charge is 0.394 e. The first-order valence-corrected chi connectivity index (χ1v) is 7.67. The SMILES string of the molecule is Cc1ccc(CCNC(=O)NC(C)(CO)C2CC2)c(C)c1. The van der Waals surface area contributed by atoms with Gasteiger partial charge >= 0.3 is 6.03 Å². The second-order valence-electron chi connectivity index (χ2n) is 6.41. The summed E-state index contributed by atoms with van der Waals surface area (Å²) in [5.74, 6) is 0.410. The molecular formula is C17H26N2O2. The third-order valence-electron chi connectivity index (χ3n) is 4.38. The second kappa shape index (κ2) is 6.48. The quantitative estimate of drug-likeness (QED) is 0.753. The van der Waals surface area contributed by atoms with E-state index in [0.29, 0.717) is 12.5 Å². The van der Waals surface area contributed by atoms with E-state index in [1.807, 2.05) is 6.92 Å². The summed E-state index contributed by atoms with van der Waals surface area (Å²) in [5, 5.41) is 15.3. The molecular weight excluding hydrogens is 264 g/mol. The lowest BCUT2D eigenvalue weighted by Gasteiger charge is -2.28. The number of rotatable bonds is 6. The molecule has 0 aromatic heterocycles. The molecule has 0 bridgehead atoms. The van der Waals surface area contributed by atoms with Crippen LogP contribution in [0.2, 0.25) is 0 Å². The number of aliphatic hydroxyl groups is 1. The van der Waals surface area contributed by atoms with Crippen LogP contribution in [0.5, 0.6) is 0 Å². The Morgan fingerprint density at radius 3 is 2.67 bits per heavy atom. The minimum Gasteiger partial charge on any atom is -0.394 e. The average Bonchev–Trinajstić information content (AvgIpc) is 3.26. The first-order chi connectivity index (χ1) is 9.94. The summed E-state index contributed by atoms with van der Waals surface area (Å²) in [6, 6.07) is 6.18. The zero-order chi connectivity index (χ0) is 15.5. The van der Waals surface area contributed by atoms with E-state index >= 15 is 0 Å². The lowest BCUT2D eigenvalue weighted by atomic mass is 9.97. The second-order valence-corrected chi connectivity index (χ2v) is 6.41. The van der Waals surface area contributed by atoms with E-state index in [9.17, 15) is 9.90 Å². The van der Waals surface area contributed by atoms with Crippen molar-refractivity contribution in [3.05, 3.63) is 34.9 Å². The number of aliphatic hydroxyl groups excluding tert-OH is 1. The van der Waals surface area contributed by atoms with Gasteiger partial charge in [-0.15, -0.1) is 0 Å². The number of carbonyl (C=O) groups excluding carboxylic acids is 1. The number of carbonyl (C=O) groups is 1. The van der Waals surface area contributed by atoms with Crippen molar-refractivity contribution < 1.29 is 9.90 Å². The Bertz CT molecular complexity index is 512. The van der Waals surface area contributed by atoms with Crippen LogP contribution in [0.3, 0.4) is 0 Å². The molecule has 0 saturated heterocycles. The first kappa shape index (κ1) is 15.8. The van der Waals surface area contributed by atoms with Gasteiger partial charge in [-0.05, 0) is 57.1 Å². The minimum absolute atomic E-state index is 0.0117. The van der Waals surface area contributed by atoms with Crippen LogP contribution in [0.25, 0.3) is 0 Å². The Kier molecular flexibility index (Phi) is 4.88. The highest BCUT2D eigenvalue weighted by Gasteiger charge is 2.42. The fraction of sp³-hybridized carbons (Fsp3) is 0.588. The van der Waals surface area contributed by atoms with Crippen molar-refractivity contribution >= 4 is 6.03 Å². The molecule has 0 spiro atoms. The molecule has 0 aliphatic heterocycles. The molecule has 1 saturated carbocycles. The molecule has 0 radical (unpaired) electrons. The van der Waals surface area contributed by atoms with Crippen molar-refractivity contribution in [3.8, 4) is 0 Å². The van der Waals surface area contributed by atoms with Gasteiger partial charge in [0.15, 0.2) is 0 Å². The van der Waals surface area contributed by atoms with Gasteiger partial charge in [0.1, 0.15) is 0 Å². The summed E-state index contributed by atoms with van der Waals surface area (Å²) >= 11 is 0. The van der Waals surface area contributed by atoms with E-state index in [1.165, 1.54) is 16.7 Å². The molecule has 0 heterocycles. The highest BCUT2D eigenvalue weighted by Crippen LogP contribution is 2.39. The van der Waals surface area contributed by atoms with Gasteiger partial charge in [-0.1, -0.05) is 23.8 Å². The van der Waals surface area contributed by atoms with Crippen LogP contribution < -0.4 is 10.6 Å². The number of hydrogen-bond acceptors (Lipinski definition) is 2. The molecule has 1 aromatic rings. The summed E-state index contributed by atoms with van der Waals surface area (Å²) in [7, 11) is 0. The standard InChI is InChI=1S/C17H26N2O2/c1-12-4-5-14(13(2)10-12)8-9-18-16(21)19-17(3,11-20)15-6-7-15/h4-5,10,15,20H,6-9,11H2,1-3H3,(H2,18,19,21). The Morgan fingerprint density at radius 1 is 1.38 bits per heavy atom. The highest BCUT2D eigenvalue weighted by molar-refractivity contribution is 5.74. The Morgan fingerprint density at radius 2 is 2.10 bits per heavy atom. The van der Waals surface area contributed by atoms with Crippen molar-refractivity contribution in [2.75, 3.05) is 13.2 Å². The smallest absolute Gasteiger partial charge is 0.315 e. The normalized spacial score (nSPS) is 17.1. The topological polar surface area (TPSA) is 61.4 Å². The van der Waals surface area contributed by atoms with Gasteiger partial charge in [0.25, 0.3) is 0 Å². The van der Waals surface area contributed by atoms with Crippen LogP contribution in [0.15, 0.2) is 18.2 Å². The lowest BCUT2D eigenvalue weighted by molar-refractivity contribution is 0.155. The average molecular weight is 290 g/mol. The van der Waals surface area contributed by atoms with Crippen molar-refractivity contribution in [1.29, 1.82) is 0 Å². The van der Waals surface area contributed by atoms with Crippen LogP contribution >= 0.6 is 0 Å². The molecule has 2 amide bonds. The van der Waals surface area contributed by atoms with Gasteiger partial charge in [-0.25, -0.2) is 4.79 Å². The zero-order valence-corrected chi connectivity index (χ0v) is 13.2. The van der Waals surface area contributed by atoms with E-state index in [1.54, 1.807) is 0 Å². The molecule has 4 nitrogen and oxygen atoms in total. The number of nitrogens with one attached hydrogen (secondary N) is 2. The molecule has 3 N–H and O–H groups in total. The van der Waals surface area contributed by atoms with Gasteiger partial charge in [0.05, 0.1) is 12.1 Å². The van der Waals surface area contributed by atoms with Crippen molar-refractivity contribution in [2.24, 2.45) is 5.92 Å². The predicted octanol–water partition coefficient (Wildman–Crippen LogP) is 2.31. The molecule has 1 unspecified atom stereocenters. The molecule has 1 aliphatic rings. The monoisotopic (exact) mass is 290 g/mol. The molecule has 1 aromatic carbocycles. The number of benzene rings is 1. The molecule has 4 heteroatoms. The van der Waals surface area contributed by atoms with Crippen LogP contribution in [-0.2, 0) is 6.42 Å². The van der Waals surface area contributed by atoms with Gasteiger partial charge in [0.2, 0.25) is 0 Å². The summed E-state index contributed by atoms with van der Waals surface area (Å²) in [5.41, 5.74) is 3.29. The summed E-state index contributed by atoms with van der Waals surface area (Å²) in [6.45, 7) is 6.67. The number of amides is 2. The molecule has 2 rings (SSSR count). The fourth-order valence-corrected chi connectivity index (χ4v) is 2.73. The van der Waals surface area contributed by atoms with Crippen molar-refractivity contribution in [1.82, 2.24) is 10.6 Å². The van der Waals surface area contributed by atoms with Gasteiger partial charge in [-0.3, -0.25) is 0 Å². The van der Waals surface area contributed by atoms with E-state index < -0.39 is 5.54 Å². The molecule has 116 valence electrons. The van der Waals surface area contributed by atoms with Gasteiger partial charge in [0, 0.05) is 6.54 Å². The van der Waals surface area contributed by atoms with E-state index in [4.69, 9.17) is 0 Å². The fourth-order valence-electron chi connectivity index (χ4n) is 2.73. The van der Waals surface area contributed by atoms with Gasteiger partial charge in [-0.2, -0.15) is 0 Å². The molecule has 1 atom stereocenters. The van der Waals surface area contributed by atoms with E-state index in [2.05, 4.69) is 42.7 Å². The molecule has 1 fully saturated rings. The molecule has 21 heavy (non-hydrogen) atoms. The highest BCUT2D eigenvalue weighted by atomic mass is 16.3. The lowest BCUT2D eigenvalue weighted by Crippen LogP contribution is -2.54. The Balaban J connectivity index is 1.79. The Hall–Kier alpha value is -1.55. The van der Waals surface area contributed by atoms with Crippen molar-refractivity contribution in [2.45, 2.75) is 45.6 Å². The molecule has 1 aliphatic carbocycles. The van der Waals surface area contributed by atoms with Crippen LogP contribution in [-0.4, -0.2) is 29.8 Å². The van der Waals surface area contributed by atoms with Crippen molar-refractivity contribution in [3.63, 3.8) is 0 Å². The Labute approximate surface area is 126 Å². The number of hydrogen-bond donors (Lipinski definition) is 3. The third-order valence-corrected chi connectivity index (χ3v) is 4.38. The maximum absolute atomic E-state index is 11.9. The van der Waals surface area contributed by atoms with Gasteiger partial charge < -0.3 is 15.7 Å². The number of urea groups is 1.